The van der Waals surface area contributed by atoms with E-state index in [1.807, 2.05) is 130 Å². The standard InChI is InChI=1S/C39H52FN5O3S.C36H49FN6O3S.C35H48FN7O3S.2H2/c1-27(2)41-20-22-43(23-21-41)36-31(12-9-13-32(36)40)38-44(19-16-39(3,4)5)37(48)33(49-38)25-34(46)42-17-14-30(15-18-42)45-26-29(24-35(45)47)28-10-7-6-8-11-28;1-24(2)39-19-21-41(22-20-39)32-26(9-8-10-27(32)37)34-42(18-15-36(3,4)5)33(45)30(47-34)23-31(44)40-16-13-25(14-17-40)43-29-12-7-6-11-28(29)38-35(43)46;1-23(2)39-18-20-41(21-19-39)30-25(8-6-9-26(30)36)33-42(17-13-35(3,4)5)32(45)28(47-33)22-29(44)40-15-11-24(12-16-40)43-27-10-7-14-37-31(27)38-34(43)46;;/h6-13,26-27,30,33,38H,14-25H2,1-5H3;6-12,24-25,30,34H,13-23H2,1-5H3,(H,38,46);6-10,14,23-24,28,33H,11-13,15-22H2,1-5H3,(H,37,38,46);2*1H. The number of thioether (sulfide) groups is 3. The number of fused-ring (bicyclic) bond motifs is 2. The van der Waals surface area contributed by atoms with Gasteiger partial charge in [0, 0.05) is 225 Å². The smallest absolute Gasteiger partial charge is 0.327 e. The third-order valence-corrected chi connectivity index (χ3v) is 34.9. The maximum Gasteiger partial charge on any atom is 0.327 e. The van der Waals surface area contributed by atoms with Gasteiger partial charge in [-0.2, -0.15) is 0 Å². The zero-order chi connectivity index (χ0) is 102. The molecule has 776 valence electrons. The van der Waals surface area contributed by atoms with Crippen LogP contribution in [0, 0.1) is 33.7 Å². The molecular formula is C110H153F3N18O9S3. The number of likely N-dealkylation sites (tertiary alicyclic amines) is 3. The highest BCUT2D eigenvalue weighted by atomic mass is 32.2. The van der Waals surface area contributed by atoms with Crippen LogP contribution in [-0.2, 0) is 33.6 Å². The van der Waals surface area contributed by atoms with Crippen LogP contribution in [0.5, 0.6) is 0 Å². The number of hydrogen-bond acceptors (Lipinski definition) is 19. The molecular weight excluding hydrogens is 1870 g/mol. The number of imidazole rings is 2. The van der Waals surface area contributed by atoms with Gasteiger partial charge in [0.15, 0.2) is 5.65 Å². The summed E-state index contributed by atoms with van der Waals surface area (Å²) in [6.07, 6.45) is 10.8. The lowest BCUT2D eigenvalue weighted by molar-refractivity contribution is -0.137. The highest BCUT2D eigenvalue weighted by Gasteiger charge is 2.50. The molecule has 27 nitrogen and oxygen atoms in total. The molecule has 143 heavy (non-hydrogen) atoms. The Labute approximate surface area is 857 Å². The minimum Gasteiger partial charge on any atom is -0.366 e. The summed E-state index contributed by atoms with van der Waals surface area (Å²) in [5.41, 5.74) is 9.07. The van der Waals surface area contributed by atoms with Crippen molar-refractivity contribution in [2.24, 2.45) is 16.2 Å². The topological polar surface area (TPSA) is 250 Å². The normalized spacial score (nSPS) is 22.2. The Morgan fingerprint density at radius 2 is 0.734 bits per heavy atom. The first-order valence-corrected chi connectivity index (χ1v) is 54.9. The van der Waals surface area contributed by atoms with Gasteiger partial charge in [-0.25, -0.2) is 27.7 Å². The van der Waals surface area contributed by atoms with Gasteiger partial charge in [0.2, 0.25) is 41.4 Å². The molecule has 10 aliphatic heterocycles. The van der Waals surface area contributed by atoms with Gasteiger partial charge in [-0.05, 0) is 169 Å². The number of anilines is 3. The molecule has 0 bridgehead atoms. The molecule has 8 aromatic rings. The van der Waals surface area contributed by atoms with E-state index in [0.29, 0.717) is 145 Å². The van der Waals surface area contributed by atoms with E-state index in [2.05, 4.69) is 148 Å². The lowest BCUT2D eigenvalue weighted by Gasteiger charge is -2.40. The summed E-state index contributed by atoms with van der Waals surface area (Å²) in [5, 5.41) is -2.70. The van der Waals surface area contributed by atoms with Crippen LogP contribution in [0.1, 0.15) is 241 Å². The van der Waals surface area contributed by atoms with E-state index in [0.717, 1.165) is 142 Å². The number of piperidine rings is 3. The Kier molecular flexibility index (Phi) is 33.7. The van der Waals surface area contributed by atoms with Gasteiger partial charge in [-0.3, -0.25) is 62.4 Å². The van der Waals surface area contributed by atoms with Crippen LogP contribution >= 0.6 is 35.3 Å². The van der Waals surface area contributed by atoms with Crippen LogP contribution < -0.4 is 26.1 Å². The quantitative estimate of drug-likeness (QED) is 0.0539. The number of pyridine rings is 1. The van der Waals surface area contributed by atoms with Crippen LogP contribution in [0.2, 0.25) is 0 Å². The van der Waals surface area contributed by atoms with Gasteiger partial charge in [-0.1, -0.05) is 141 Å². The first kappa shape index (κ1) is 106. The van der Waals surface area contributed by atoms with Crippen molar-refractivity contribution in [1.29, 1.82) is 0 Å². The summed E-state index contributed by atoms with van der Waals surface area (Å²) in [7, 11) is 0. The SMILES string of the molecule is CC(C)N1CCN(c2c(F)cccc2C2SC(CC(=O)N3CCC(N4C=C(c5ccccc5)CC4=O)CC3)C(=O)N2CCC(C)(C)C)CC1.CC(C)N1CCN(c2c(F)cccc2C2SC(CC(=O)N3CCC(n4c(=O)[nH]c5ccccc54)CC3)C(=O)N2CCC(C)(C)C)CC1.CC(C)N1CCN(c2c(F)cccc2C2SC(CC(=O)N3CCC(n4c(=O)[nH]c5ncccc54)CC3)C(=O)N2CCC(C)(C)C)CC1.[HH].[HH]. The van der Waals surface area contributed by atoms with Crippen LogP contribution in [0.25, 0.3) is 27.8 Å². The Balaban J connectivity index is 0.000000171. The van der Waals surface area contributed by atoms with Crippen LogP contribution in [0.15, 0.2) is 143 Å². The fraction of sp³-hybridized carbons (Fsp3) is 0.582. The van der Waals surface area contributed by atoms with E-state index in [9.17, 15) is 43.2 Å². The number of benzene rings is 5. The molecule has 6 atom stereocenters. The predicted molar refractivity (Wildman–Crippen MR) is 572 cm³/mol. The molecule has 9 saturated heterocycles. The highest BCUT2D eigenvalue weighted by molar-refractivity contribution is 8.01. The Morgan fingerprint density at radius 1 is 0.399 bits per heavy atom. The molecule has 6 unspecified atom stereocenters. The Bertz CT molecular complexity index is 5750. The van der Waals surface area contributed by atoms with Crippen molar-refractivity contribution in [1.82, 2.24) is 73.1 Å². The van der Waals surface area contributed by atoms with E-state index < -0.39 is 15.7 Å². The van der Waals surface area contributed by atoms with Crippen LogP contribution in [-0.4, -0.2) is 292 Å². The summed E-state index contributed by atoms with van der Waals surface area (Å²) >= 11 is 4.48. The molecule has 0 saturated carbocycles. The number of halogens is 3. The van der Waals surface area contributed by atoms with E-state index in [1.165, 1.54) is 53.5 Å². The molecule has 0 aliphatic carbocycles. The molecule has 7 amide bonds. The summed E-state index contributed by atoms with van der Waals surface area (Å²) in [6, 6.07) is 38.4. The second kappa shape index (κ2) is 45.5. The largest absolute Gasteiger partial charge is 0.366 e. The van der Waals surface area contributed by atoms with Crippen LogP contribution in [0.3, 0.4) is 0 Å². The number of para-hydroxylation sites is 5. The number of carbonyl (C=O) groups is 7. The van der Waals surface area contributed by atoms with Gasteiger partial charge in [-0.15, -0.1) is 35.3 Å². The molecule has 2 N–H and O–H groups in total. The van der Waals surface area contributed by atoms with E-state index in [-0.39, 0.29) is 143 Å². The molecule has 10 aliphatic rings. The van der Waals surface area contributed by atoms with Crippen molar-refractivity contribution in [3.05, 3.63) is 194 Å². The van der Waals surface area contributed by atoms with Crippen molar-refractivity contribution in [3.8, 4) is 0 Å². The van der Waals surface area contributed by atoms with Crippen molar-refractivity contribution in [2.45, 2.75) is 255 Å². The van der Waals surface area contributed by atoms with Gasteiger partial charge in [0.1, 0.15) is 33.6 Å². The van der Waals surface area contributed by atoms with E-state index in [1.54, 1.807) is 29.0 Å². The number of amides is 7. The van der Waals surface area contributed by atoms with Crippen LogP contribution in [0.4, 0.5) is 30.2 Å². The number of aromatic amines is 2. The van der Waals surface area contributed by atoms with Crippen molar-refractivity contribution in [3.63, 3.8) is 0 Å². The first-order chi connectivity index (χ1) is 68.2. The maximum atomic E-state index is 15.7. The average molecular weight is 2020 g/mol. The number of aromatic nitrogens is 5. The fourth-order valence-electron chi connectivity index (χ4n) is 22.0. The average Bonchev–Trinajstić information content (AvgIpc) is 1.65. The lowest BCUT2D eigenvalue weighted by atomic mass is 9.92. The Hall–Kier alpha value is -10.1. The number of rotatable bonds is 25. The van der Waals surface area contributed by atoms with Crippen molar-refractivity contribution < 1.29 is 49.6 Å². The zero-order valence-electron chi connectivity index (χ0n) is 86.4. The fourth-order valence-corrected chi connectivity index (χ4v) is 26.4. The minimum absolute atomic E-state index is 0. The number of H-pyrrole nitrogens is 2. The van der Waals surface area contributed by atoms with E-state index >= 15 is 13.2 Å². The van der Waals surface area contributed by atoms with E-state index in [4.69, 9.17) is 0 Å². The minimum atomic E-state index is -0.540. The molecule has 3 aromatic heterocycles. The summed E-state index contributed by atoms with van der Waals surface area (Å²) < 4.78 is 50.7. The molecule has 0 spiro atoms. The number of nitrogens with zero attached hydrogens (tertiary/aromatic N) is 16. The number of nitrogens with one attached hydrogen (secondary N) is 2. The summed E-state index contributed by atoms with van der Waals surface area (Å²) in [6.45, 7) is 46.9. The summed E-state index contributed by atoms with van der Waals surface area (Å²) in [4.78, 5) is 158. The first-order valence-electron chi connectivity index (χ1n) is 52.1. The number of piperazine rings is 3. The second-order valence-corrected chi connectivity index (χ2v) is 48.6. The number of carbonyl (C=O) groups excluding carboxylic acids is 7. The third-order valence-electron chi connectivity index (χ3n) is 30.5. The zero-order valence-corrected chi connectivity index (χ0v) is 88.8. The van der Waals surface area contributed by atoms with Gasteiger partial charge >= 0.3 is 11.4 Å². The molecule has 9 fully saturated rings. The third kappa shape index (κ3) is 24.8. The monoisotopic (exact) mass is 2020 g/mol. The summed E-state index contributed by atoms with van der Waals surface area (Å²) in [5.74, 6) is -0.938. The molecule has 0 radical (unpaired) electrons. The van der Waals surface area contributed by atoms with Gasteiger partial charge < -0.3 is 54.0 Å². The predicted octanol–water partition coefficient (Wildman–Crippen LogP) is 17.5. The van der Waals surface area contributed by atoms with Crippen molar-refractivity contribution in [2.75, 3.05) is 152 Å². The molecule has 33 heteroatoms. The molecule has 5 aromatic carbocycles. The van der Waals surface area contributed by atoms with Gasteiger partial charge in [0.25, 0.3) is 0 Å². The van der Waals surface area contributed by atoms with Gasteiger partial charge in [0.05, 0.1) is 55.8 Å². The maximum absolute atomic E-state index is 15.7. The molecule has 13 heterocycles. The highest BCUT2D eigenvalue weighted by Crippen LogP contribution is 2.53. The molecule has 18 rings (SSSR count). The second-order valence-electron chi connectivity index (χ2n) is 44.8. The number of hydrogen-bond donors (Lipinski definition) is 2. The lowest BCUT2D eigenvalue weighted by Crippen LogP contribution is -2.49. The Morgan fingerprint density at radius 3 is 1.10 bits per heavy atom. The van der Waals surface area contributed by atoms with Crippen molar-refractivity contribution >= 4 is 121 Å².